The van der Waals surface area contributed by atoms with Gasteiger partial charge >= 0.3 is 11.9 Å². The van der Waals surface area contributed by atoms with E-state index in [1.165, 1.54) is 12.0 Å². The van der Waals surface area contributed by atoms with Crippen molar-refractivity contribution in [3.63, 3.8) is 0 Å². The highest BCUT2D eigenvalue weighted by Crippen LogP contribution is 2.41. The van der Waals surface area contributed by atoms with Gasteiger partial charge in [-0.2, -0.15) is 0 Å². The van der Waals surface area contributed by atoms with Crippen LogP contribution in [0.5, 0.6) is 0 Å². The predicted molar refractivity (Wildman–Crippen MR) is 146 cm³/mol. The van der Waals surface area contributed by atoms with E-state index < -0.39 is 18.0 Å². The van der Waals surface area contributed by atoms with Crippen molar-refractivity contribution in [3.05, 3.63) is 82.4 Å². The van der Waals surface area contributed by atoms with Crippen LogP contribution < -0.4 is 4.90 Å². The summed E-state index contributed by atoms with van der Waals surface area (Å²) in [6, 6.07) is 11.9. The van der Waals surface area contributed by atoms with Crippen molar-refractivity contribution in [2.24, 2.45) is 0 Å². The van der Waals surface area contributed by atoms with E-state index in [1.807, 2.05) is 50.3 Å². The van der Waals surface area contributed by atoms with Gasteiger partial charge < -0.3 is 14.4 Å². The summed E-state index contributed by atoms with van der Waals surface area (Å²) >= 11 is 0. The summed E-state index contributed by atoms with van der Waals surface area (Å²) in [7, 11) is 1.35. The Kier molecular flexibility index (Phi) is 8.10. The Bertz CT molecular complexity index is 1390. The third-order valence-corrected chi connectivity index (χ3v) is 6.84. The number of ether oxygens (including phenoxy) is 1. The van der Waals surface area contributed by atoms with Crippen LogP contribution in [0.4, 0.5) is 5.69 Å². The minimum absolute atomic E-state index is 0.317. The average Bonchev–Trinajstić information content (AvgIpc) is 3.41. The summed E-state index contributed by atoms with van der Waals surface area (Å²) in [5.74, 6) is -0.836. The standard InChI is InChI=1S/C30H33N3O5/c1-5-8-25(29(35)36)33-24-11-7-10-19(3)27(24)23(28(33)34)16-22-17-31-26(9-6-2)32(22)18-20-12-14-21(15-13-20)30(37)38-4/h7,10-17,25H,5-6,8-9,18H2,1-4H3,(H,35,36)/b23-16-. The number of carboxylic acid groups (broad SMARTS) is 1. The number of benzene rings is 2. The van der Waals surface area contributed by atoms with Gasteiger partial charge in [-0.25, -0.2) is 14.6 Å². The zero-order valence-corrected chi connectivity index (χ0v) is 22.2. The maximum absolute atomic E-state index is 13.8. The molecule has 4 rings (SSSR count). The first-order chi connectivity index (χ1) is 18.3. The smallest absolute Gasteiger partial charge is 0.337 e. The first-order valence-electron chi connectivity index (χ1n) is 12.9. The number of hydrogen-bond acceptors (Lipinski definition) is 5. The number of esters is 1. The zero-order chi connectivity index (χ0) is 27.4. The quantitative estimate of drug-likeness (QED) is 0.297. The lowest BCUT2D eigenvalue weighted by Gasteiger charge is -2.24. The summed E-state index contributed by atoms with van der Waals surface area (Å²) < 4.78 is 6.86. The second kappa shape index (κ2) is 11.5. The lowest BCUT2D eigenvalue weighted by Crippen LogP contribution is -2.43. The molecule has 3 aromatic rings. The van der Waals surface area contributed by atoms with Crippen LogP contribution >= 0.6 is 0 Å². The molecule has 8 heteroatoms. The van der Waals surface area contributed by atoms with Crippen LogP contribution in [-0.2, 0) is 27.3 Å². The lowest BCUT2D eigenvalue weighted by atomic mass is 10.0. The van der Waals surface area contributed by atoms with Crippen molar-refractivity contribution < 1.29 is 24.2 Å². The van der Waals surface area contributed by atoms with Crippen LogP contribution in [0.1, 0.15) is 71.7 Å². The summed E-state index contributed by atoms with van der Waals surface area (Å²) in [4.78, 5) is 43.8. The molecule has 0 bridgehead atoms. The number of carboxylic acids is 1. The number of rotatable bonds is 10. The third-order valence-electron chi connectivity index (χ3n) is 6.84. The Morgan fingerprint density at radius 3 is 2.47 bits per heavy atom. The number of nitrogens with zero attached hydrogens (tertiary/aromatic N) is 3. The number of aromatic nitrogens is 2. The molecule has 1 atom stereocenters. The van der Waals surface area contributed by atoms with E-state index in [4.69, 9.17) is 4.74 Å². The van der Waals surface area contributed by atoms with Gasteiger partial charge in [0, 0.05) is 18.5 Å². The second-order valence-corrected chi connectivity index (χ2v) is 9.47. The molecule has 2 aromatic carbocycles. The fraction of sp³-hybridized carbons (Fsp3) is 0.333. The Hall–Kier alpha value is -4.20. The number of anilines is 1. The average molecular weight is 516 g/mol. The molecule has 0 aliphatic carbocycles. The van der Waals surface area contributed by atoms with Gasteiger partial charge in [0.25, 0.3) is 5.91 Å². The number of carbonyl (C=O) groups is 3. The van der Waals surface area contributed by atoms with Crippen molar-refractivity contribution in [2.75, 3.05) is 12.0 Å². The molecular formula is C30H33N3O5. The highest BCUT2D eigenvalue weighted by atomic mass is 16.5. The van der Waals surface area contributed by atoms with E-state index in [9.17, 15) is 19.5 Å². The largest absolute Gasteiger partial charge is 0.480 e. The molecule has 0 spiro atoms. The van der Waals surface area contributed by atoms with Crippen molar-refractivity contribution in [1.29, 1.82) is 0 Å². The van der Waals surface area contributed by atoms with Crippen LogP contribution in [0.2, 0.25) is 0 Å². The number of hydrogen-bond donors (Lipinski definition) is 1. The molecule has 1 amide bonds. The van der Waals surface area contributed by atoms with Crippen molar-refractivity contribution in [1.82, 2.24) is 9.55 Å². The second-order valence-electron chi connectivity index (χ2n) is 9.47. The number of carbonyl (C=O) groups excluding carboxylic acids is 2. The van der Waals surface area contributed by atoms with Gasteiger partial charge in [-0.05, 0) is 55.2 Å². The molecular weight excluding hydrogens is 482 g/mol. The molecule has 198 valence electrons. The zero-order valence-electron chi connectivity index (χ0n) is 22.2. The van der Waals surface area contributed by atoms with Gasteiger partial charge in [0.1, 0.15) is 11.9 Å². The lowest BCUT2D eigenvalue weighted by molar-refractivity contribution is -0.139. The molecule has 0 fully saturated rings. The van der Waals surface area contributed by atoms with Gasteiger partial charge in [-0.3, -0.25) is 9.69 Å². The van der Waals surface area contributed by atoms with E-state index in [-0.39, 0.29) is 5.91 Å². The SMILES string of the molecule is CCCc1ncc(/C=C2\C(=O)N(C(CCC)C(=O)O)c3cccc(C)c32)n1Cc1ccc(C(=O)OC)cc1. The monoisotopic (exact) mass is 515 g/mol. The van der Waals surface area contributed by atoms with Gasteiger partial charge in [0.2, 0.25) is 0 Å². The Morgan fingerprint density at radius 2 is 1.84 bits per heavy atom. The van der Waals surface area contributed by atoms with Gasteiger partial charge in [-0.1, -0.05) is 44.5 Å². The highest BCUT2D eigenvalue weighted by Gasteiger charge is 2.40. The number of aliphatic carboxylic acids is 1. The molecule has 1 aromatic heterocycles. The topological polar surface area (TPSA) is 102 Å². The molecule has 0 radical (unpaired) electrons. The van der Waals surface area contributed by atoms with E-state index in [1.54, 1.807) is 18.3 Å². The summed E-state index contributed by atoms with van der Waals surface area (Å²) in [6.45, 7) is 6.43. The maximum Gasteiger partial charge on any atom is 0.337 e. The summed E-state index contributed by atoms with van der Waals surface area (Å²) in [5, 5.41) is 9.94. The van der Waals surface area contributed by atoms with Gasteiger partial charge in [0.05, 0.1) is 35.8 Å². The van der Waals surface area contributed by atoms with Crippen molar-refractivity contribution in [2.45, 2.75) is 59.0 Å². The normalized spacial score (nSPS) is 14.6. The molecule has 38 heavy (non-hydrogen) atoms. The van der Waals surface area contributed by atoms with Gasteiger partial charge in [-0.15, -0.1) is 0 Å². The van der Waals surface area contributed by atoms with E-state index in [2.05, 4.69) is 16.5 Å². The van der Waals surface area contributed by atoms with E-state index in [0.29, 0.717) is 36.2 Å². The number of amides is 1. The van der Waals surface area contributed by atoms with Crippen LogP contribution in [0.3, 0.4) is 0 Å². The molecule has 0 saturated carbocycles. The minimum Gasteiger partial charge on any atom is -0.480 e. The molecule has 8 nitrogen and oxygen atoms in total. The summed E-state index contributed by atoms with van der Waals surface area (Å²) in [6.07, 6.45) is 6.26. The van der Waals surface area contributed by atoms with Crippen LogP contribution in [0, 0.1) is 6.92 Å². The Balaban J connectivity index is 1.78. The van der Waals surface area contributed by atoms with Crippen LogP contribution in [0.25, 0.3) is 11.6 Å². The highest BCUT2D eigenvalue weighted by molar-refractivity contribution is 6.37. The predicted octanol–water partition coefficient (Wildman–Crippen LogP) is 5.12. The van der Waals surface area contributed by atoms with Crippen LogP contribution in [0.15, 0.2) is 48.7 Å². The van der Waals surface area contributed by atoms with Crippen molar-refractivity contribution in [3.8, 4) is 0 Å². The third kappa shape index (κ3) is 5.11. The fourth-order valence-corrected chi connectivity index (χ4v) is 4.97. The van der Waals surface area contributed by atoms with Crippen molar-refractivity contribution >= 4 is 35.2 Å². The van der Waals surface area contributed by atoms with Gasteiger partial charge in [0.15, 0.2) is 0 Å². The molecule has 1 aliphatic rings. The van der Waals surface area contributed by atoms with Crippen LogP contribution in [-0.4, -0.2) is 45.7 Å². The molecule has 0 saturated heterocycles. The minimum atomic E-state index is -1.01. The first-order valence-corrected chi connectivity index (χ1v) is 12.9. The molecule has 1 N–H and O–H groups in total. The number of fused-ring (bicyclic) bond motifs is 1. The number of methoxy groups -OCH3 is 1. The molecule has 1 aliphatic heterocycles. The number of aryl methyl sites for hydroxylation is 2. The maximum atomic E-state index is 13.8. The molecule has 1 unspecified atom stereocenters. The fourth-order valence-electron chi connectivity index (χ4n) is 4.97. The number of imidazole rings is 1. The molecule has 2 heterocycles. The van der Waals surface area contributed by atoms with E-state index in [0.717, 1.165) is 41.1 Å². The van der Waals surface area contributed by atoms with E-state index >= 15 is 0 Å². The Labute approximate surface area is 222 Å². The first kappa shape index (κ1) is 26.9. The Morgan fingerprint density at radius 1 is 1.11 bits per heavy atom. The summed E-state index contributed by atoms with van der Waals surface area (Å²) in [5.41, 5.74) is 4.95.